The molecule has 2 bridgehead atoms. The second kappa shape index (κ2) is 6.95. The molecule has 1 aliphatic carbocycles. The van der Waals surface area contributed by atoms with Crippen LogP contribution in [0, 0.1) is 10.8 Å². The largest absolute Gasteiger partial charge is 0.338 e. The zero-order valence-corrected chi connectivity index (χ0v) is 18.1. The Balaban J connectivity index is 1.43. The molecule has 8 heteroatoms. The number of nitrogens with two attached hydrogens (primary N) is 1. The Morgan fingerprint density at radius 2 is 1.96 bits per heavy atom. The van der Waals surface area contributed by atoms with Gasteiger partial charge in [-0.15, -0.1) is 10.2 Å². The zero-order valence-electron chi connectivity index (χ0n) is 16.5. The fraction of sp³-hybridized carbons (Fsp3) is 0.550. The van der Waals surface area contributed by atoms with E-state index in [0.717, 1.165) is 24.9 Å². The fourth-order valence-corrected chi connectivity index (χ4v) is 6.00. The van der Waals surface area contributed by atoms with E-state index in [9.17, 15) is 4.79 Å². The van der Waals surface area contributed by atoms with Gasteiger partial charge < -0.3 is 10.7 Å². The van der Waals surface area contributed by atoms with Crippen molar-refractivity contribution in [1.29, 1.82) is 0 Å². The minimum absolute atomic E-state index is 0.160. The number of aromatic nitrogens is 3. The first-order valence-electron chi connectivity index (χ1n) is 9.55. The second-order valence-electron chi connectivity index (χ2n) is 9.21. The molecule has 4 rings (SSSR count). The van der Waals surface area contributed by atoms with E-state index in [-0.39, 0.29) is 11.3 Å². The van der Waals surface area contributed by atoms with Gasteiger partial charge in [-0.05, 0) is 54.4 Å². The van der Waals surface area contributed by atoms with Gasteiger partial charge in [0, 0.05) is 23.2 Å². The summed E-state index contributed by atoms with van der Waals surface area (Å²) in [5.74, 6) is 7.20. The maximum atomic E-state index is 12.9. The molecule has 1 amide bonds. The number of nitrogen functional groups attached to an aromatic ring is 1. The van der Waals surface area contributed by atoms with Crippen LogP contribution in [0.1, 0.15) is 40.0 Å². The topological polar surface area (TPSA) is 77.0 Å². The summed E-state index contributed by atoms with van der Waals surface area (Å²) in [6.45, 7) is 7.80. The molecule has 2 heterocycles. The van der Waals surface area contributed by atoms with Crippen LogP contribution in [0.25, 0.3) is 11.4 Å². The number of likely N-dealkylation sites (tertiary alicyclic amines) is 1. The van der Waals surface area contributed by atoms with Gasteiger partial charge in [-0.3, -0.25) is 4.79 Å². The normalized spacial score (nSPS) is 25.9. The van der Waals surface area contributed by atoms with Crippen molar-refractivity contribution in [3.05, 3.63) is 29.3 Å². The van der Waals surface area contributed by atoms with Gasteiger partial charge in [0.05, 0.1) is 5.75 Å². The summed E-state index contributed by atoms with van der Waals surface area (Å²) in [7, 11) is 0. The van der Waals surface area contributed by atoms with Crippen LogP contribution in [-0.2, 0) is 4.79 Å². The van der Waals surface area contributed by atoms with Crippen molar-refractivity contribution in [2.45, 2.75) is 51.2 Å². The van der Waals surface area contributed by atoms with Crippen molar-refractivity contribution in [2.75, 3.05) is 18.1 Å². The molecule has 1 aliphatic heterocycles. The van der Waals surface area contributed by atoms with Crippen LogP contribution in [0.3, 0.4) is 0 Å². The molecule has 2 fully saturated rings. The van der Waals surface area contributed by atoms with E-state index in [1.54, 1.807) is 12.1 Å². The van der Waals surface area contributed by atoms with E-state index in [2.05, 4.69) is 35.9 Å². The lowest BCUT2D eigenvalue weighted by Gasteiger charge is -2.39. The number of amides is 1. The molecule has 28 heavy (non-hydrogen) atoms. The first kappa shape index (κ1) is 19.6. The first-order chi connectivity index (χ1) is 13.2. The summed E-state index contributed by atoms with van der Waals surface area (Å²) in [6.07, 6.45) is 3.36. The van der Waals surface area contributed by atoms with Crippen molar-refractivity contribution in [3.8, 4) is 11.4 Å². The van der Waals surface area contributed by atoms with Gasteiger partial charge >= 0.3 is 0 Å². The number of benzene rings is 1. The Bertz CT molecular complexity index is 897. The minimum Gasteiger partial charge on any atom is -0.338 e. The number of carbonyl (C=O) groups is 1. The maximum absolute atomic E-state index is 12.9. The van der Waals surface area contributed by atoms with E-state index in [0.29, 0.717) is 33.2 Å². The Morgan fingerprint density at radius 3 is 2.68 bits per heavy atom. The average Bonchev–Trinajstić information content (AvgIpc) is 3.09. The number of carbonyl (C=O) groups excluding carboxylic acids is 1. The average molecular weight is 420 g/mol. The third-order valence-electron chi connectivity index (χ3n) is 5.83. The van der Waals surface area contributed by atoms with Crippen molar-refractivity contribution >= 4 is 29.3 Å². The van der Waals surface area contributed by atoms with Crippen molar-refractivity contribution in [2.24, 2.45) is 10.8 Å². The summed E-state index contributed by atoms with van der Waals surface area (Å²) >= 11 is 7.28. The lowest BCUT2D eigenvalue weighted by molar-refractivity contribution is -0.129. The predicted octanol–water partition coefficient (Wildman–Crippen LogP) is 3.83. The molecule has 6 nitrogen and oxygen atoms in total. The van der Waals surface area contributed by atoms with Gasteiger partial charge in [0.2, 0.25) is 11.1 Å². The molecular weight excluding hydrogens is 394 g/mol. The summed E-state index contributed by atoms with van der Waals surface area (Å²) in [4.78, 5) is 15.0. The highest BCUT2D eigenvalue weighted by atomic mass is 35.5. The highest BCUT2D eigenvalue weighted by molar-refractivity contribution is 7.99. The molecule has 0 radical (unpaired) electrons. The third-order valence-corrected chi connectivity index (χ3v) is 7.01. The molecular formula is C20H26ClN5OS. The third kappa shape index (κ3) is 3.74. The zero-order chi connectivity index (χ0) is 20.1. The second-order valence-corrected chi connectivity index (χ2v) is 10.6. The molecule has 2 aliphatic rings. The molecule has 1 aromatic carbocycles. The molecule has 2 atom stereocenters. The molecule has 2 aromatic rings. The summed E-state index contributed by atoms with van der Waals surface area (Å²) < 4.78 is 1.44. The molecule has 150 valence electrons. The number of rotatable bonds is 4. The lowest BCUT2D eigenvalue weighted by atomic mass is 9.65. The van der Waals surface area contributed by atoms with Crippen molar-refractivity contribution < 1.29 is 4.79 Å². The van der Waals surface area contributed by atoms with Crippen molar-refractivity contribution in [3.63, 3.8) is 0 Å². The Morgan fingerprint density at radius 1 is 1.25 bits per heavy atom. The van der Waals surface area contributed by atoms with E-state index >= 15 is 0 Å². The fourth-order valence-electron chi connectivity index (χ4n) is 5.13. The summed E-state index contributed by atoms with van der Waals surface area (Å²) in [6, 6.07) is 7.62. The smallest absolute Gasteiger partial charge is 0.233 e. The summed E-state index contributed by atoms with van der Waals surface area (Å²) in [5.41, 5.74) is 1.37. The number of nitrogens with zero attached hydrogens (tertiary/aromatic N) is 4. The molecule has 0 spiro atoms. The highest BCUT2D eigenvalue weighted by Crippen LogP contribution is 2.52. The maximum Gasteiger partial charge on any atom is 0.233 e. The van der Waals surface area contributed by atoms with E-state index in [4.69, 9.17) is 17.4 Å². The molecule has 2 N–H and O–H groups in total. The Kier molecular flexibility index (Phi) is 4.86. The van der Waals surface area contributed by atoms with Crippen LogP contribution >= 0.6 is 23.4 Å². The van der Waals surface area contributed by atoms with Crippen LogP contribution in [0.15, 0.2) is 29.4 Å². The van der Waals surface area contributed by atoms with Crippen LogP contribution in [0.2, 0.25) is 5.02 Å². The number of fused-ring (bicyclic) bond motifs is 2. The van der Waals surface area contributed by atoms with E-state index in [1.807, 2.05) is 12.1 Å². The van der Waals surface area contributed by atoms with E-state index in [1.165, 1.54) is 22.9 Å². The summed E-state index contributed by atoms with van der Waals surface area (Å²) in [5, 5.41) is 9.52. The molecule has 1 aromatic heterocycles. The van der Waals surface area contributed by atoms with Gasteiger partial charge in [-0.2, -0.15) is 0 Å². The van der Waals surface area contributed by atoms with Gasteiger partial charge in [0.1, 0.15) is 0 Å². The van der Waals surface area contributed by atoms with Gasteiger partial charge in [0.25, 0.3) is 0 Å². The Labute approximate surface area is 174 Å². The van der Waals surface area contributed by atoms with Crippen LogP contribution in [-0.4, -0.2) is 44.0 Å². The van der Waals surface area contributed by atoms with Crippen LogP contribution < -0.4 is 5.84 Å². The molecule has 1 saturated carbocycles. The Hall–Kier alpha value is -1.73. The van der Waals surface area contributed by atoms with Gasteiger partial charge in [-0.1, -0.05) is 44.1 Å². The van der Waals surface area contributed by atoms with Gasteiger partial charge in [-0.25, -0.2) is 4.68 Å². The first-order valence-corrected chi connectivity index (χ1v) is 10.9. The SMILES string of the molecule is CC1(C)CC2CC(C)(CN2C(=O)CSc2nnc(-c3ccc(Cl)cc3)n2N)C1. The lowest BCUT2D eigenvalue weighted by Crippen LogP contribution is -2.38. The number of thioether (sulfide) groups is 1. The predicted molar refractivity (Wildman–Crippen MR) is 113 cm³/mol. The number of hydrogen-bond acceptors (Lipinski definition) is 5. The molecule has 2 unspecified atom stereocenters. The molecule has 1 saturated heterocycles. The highest BCUT2D eigenvalue weighted by Gasteiger charge is 2.50. The van der Waals surface area contributed by atoms with E-state index < -0.39 is 0 Å². The van der Waals surface area contributed by atoms with Crippen LogP contribution in [0.4, 0.5) is 0 Å². The number of halogens is 1. The quantitative estimate of drug-likeness (QED) is 0.601. The number of hydrogen-bond donors (Lipinski definition) is 1. The van der Waals surface area contributed by atoms with Crippen LogP contribution in [0.5, 0.6) is 0 Å². The minimum atomic E-state index is 0.160. The monoisotopic (exact) mass is 419 g/mol. The van der Waals surface area contributed by atoms with Gasteiger partial charge in [0.15, 0.2) is 5.82 Å². The standard InChI is InChI=1S/C20H26ClN5OS/c1-19(2)8-15-9-20(3,11-19)12-25(15)16(27)10-28-18-24-23-17(26(18)22)13-4-6-14(21)7-5-13/h4-7,15H,8-12,22H2,1-3H3. The van der Waals surface area contributed by atoms with Crippen molar-refractivity contribution in [1.82, 2.24) is 19.8 Å².